The first-order valence-electron chi connectivity index (χ1n) is 6.74. The number of carboxylic acid groups (broad SMARTS) is 1. The van der Waals surface area contributed by atoms with Crippen molar-refractivity contribution in [2.75, 3.05) is 13.1 Å². The molecule has 18 heavy (non-hydrogen) atoms. The molecule has 0 aliphatic heterocycles. The molecule has 0 aromatic heterocycles. The lowest BCUT2D eigenvalue weighted by atomic mass is 9.86. The molecule has 0 spiro atoms. The number of carbonyl (C=O) groups excluding carboxylic acids is 1. The highest BCUT2D eigenvalue weighted by molar-refractivity contribution is 5.81. The third-order valence-electron chi connectivity index (χ3n) is 3.52. The first-order chi connectivity index (χ1) is 8.63. The second-order valence-corrected chi connectivity index (χ2v) is 5.00. The van der Waals surface area contributed by atoms with Gasteiger partial charge in [0, 0.05) is 13.0 Å². The van der Waals surface area contributed by atoms with E-state index in [9.17, 15) is 9.59 Å². The van der Waals surface area contributed by atoms with Gasteiger partial charge in [0.15, 0.2) is 0 Å². The van der Waals surface area contributed by atoms with E-state index < -0.39 is 5.97 Å². The third kappa shape index (κ3) is 5.34. The molecule has 0 aromatic rings. The predicted molar refractivity (Wildman–Crippen MR) is 70.2 cm³/mol. The molecule has 1 fully saturated rings. The Labute approximate surface area is 109 Å². The van der Waals surface area contributed by atoms with Gasteiger partial charge in [0.2, 0.25) is 5.91 Å². The van der Waals surface area contributed by atoms with Crippen LogP contribution in [0.1, 0.15) is 44.9 Å². The van der Waals surface area contributed by atoms with Crippen LogP contribution in [0.2, 0.25) is 0 Å². The summed E-state index contributed by atoms with van der Waals surface area (Å²) in [7, 11) is 0. The van der Waals surface area contributed by atoms with E-state index in [0.29, 0.717) is 18.9 Å². The van der Waals surface area contributed by atoms with Crippen molar-refractivity contribution < 1.29 is 14.7 Å². The van der Waals surface area contributed by atoms with Gasteiger partial charge in [-0.2, -0.15) is 0 Å². The maximum Gasteiger partial charge on any atom is 0.323 e. The van der Waals surface area contributed by atoms with Crippen LogP contribution in [0.5, 0.6) is 0 Å². The Kier molecular flexibility index (Phi) is 6.47. The number of nitrogens with zero attached hydrogens (tertiary/aromatic N) is 1. The van der Waals surface area contributed by atoms with Crippen LogP contribution < -0.4 is 0 Å². The first-order valence-corrected chi connectivity index (χ1v) is 6.74. The lowest BCUT2D eigenvalue weighted by Crippen LogP contribution is -2.35. The molecular weight excluding hydrogens is 230 g/mol. The molecule has 0 bridgehead atoms. The summed E-state index contributed by atoms with van der Waals surface area (Å²) in [5, 5.41) is 8.75. The number of aliphatic carboxylic acids is 1. The van der Waals surface area contributed by atoms with Gasteiger partial charge in [0.25, 0.3) is 0 Å². The van der Waals surface area contributed by atoms with Gasteiger partial charge in [-0.3, -0.25) is 9.59 Å². The molecule has 4 heteroatoms. The van der Waals surface area contributed by atoms with E-state index in [2.05, 4.69) is 6.58 Å². The standard InChI is InChI=1S/C14H23NO3/c1-2-10-15(11-14(17)18)13(16)9-8-12-6-4-3-5-7-12/h2,12H,1,3-11H2,(H,17,18). The van der Waals surface area contributed by atoms with Gasteiger partial charge in [-0.1, -0.05) is 38.2 Å². The quantitative estimate of drug-likeness (QED) is 0.709. The number of carbonyl (C=O) groups is 2. The molecule has 0 radical (unpaired) electrons. The number of carboxylic acids is 1. The Morgan fingerprint density at radius 3 is 2.50 bits per heavy atom. The fourth-order valence-corrected chi connectivity index (χ4v) is 2.54. The van der Waals surface area contributed by atoms with Crippen LogP contribution in [0.15, 0.2) is 12.7 Å². The number of rotatable bonds is 7. The minimum atomic E-state index is -0.970. The van der Waals surface area contributed by atoms with Crippen LogP contribution in [0.25, 0.3) is 0 Å². The van der Waals surface area contributed by atoms with Crippen molar-refractivity contribution in [3.8, 4) is 0 Å². The van der Waals surface area contributed by atoms with Gasteiger partial charge in [0.1, 0.15) is 6.54 Å². The Morgan fingerprint density at radius 1 is 1.28 bits per heavy atom. The second kappa shape index (κ2) is 7.90. The zero-order chi connectivity index (χ0) is 13.4. The van der Waals surface area contributed by atoms with E-state index in [1.165, 1.54) is 37.0 Å². The van der Waals surface area contributed by atoms with E-state index >= 15 is 0 Å². The lowest BCUT2D eigenvalue weighted by molar-refractivity contribution is -0.144. The zero-order valence-electron chi connectivity index (χ0n) is 10.9. The maximum absolute atomic E-state index is 11.9. The monoisotopic (exact) mass is 253 g/mol. The summed E-state index contributed by atoms with van der Waals surface area (Å²) in [5.41, 5.74) is 0. The summed E-state index contributed by atoms with van der Waals surface area (Å²) < 4.78 is 0. The number of amides is 1. The van der Waals surface area contributed by atoms with Crippen LogP contribution >= 0.6 is 0 Å². The van der Waals surface area contributed by atoms with E-state index in [4.69, 9.17) is 5.11 Å². The summed E-state index contributed by atoms with van der Waals surface area (Å²) in [6, 6.07) is 0. The Bertz CT molecular complexity index is 295. The van der Waals surface area contributed by atoms with Gasteiger partial charge < -0.3 is 10.0 Å². The van der Waals surface area contributed by atoms with Gasteiger partial charge in [0.05, 0.1) is 0 Å². The Balaban J connectivity index is 2.35. The fraction of sp³-hybridized carbons (Fsp3) is 0.714. The number of hydrogen-bond donors (Lipinski definition) is 1. The molecule has 0 unspecified atom stereocenters. The highest BCUT2D eigenvalue weighted by Crippen LogP contribution is 2.27. The molecule has 0 aromatic carbocycles. The highest BCUT2D eigenvalue weighted by atomic mass is 16.4. The largest absolute Gasteiger partial charge is 0.480 e. The smallest absolute Gasteiger partial charge is 0.323 e. The van der Waals surface area contributed by atoms with Crippen LogP contribution in [0.3, 0.4) is 0 Å². The van der Waals surface area contributed by atoms with E-state index in [-0.39, 0.29) is 12.5 Å². The van der Waals surface area contributed by atoms with Crippen molar-refractivity contribution in [1.82, 2.24) is 4.90 Å². The topological polar surface area (TPSA) is 57.6 Å². The van der Waals surface area contributed by atoms with Crippen LogP contribution in [-0.4, -0.2) is 35.0 Å². The SMILES string of the molecule is C=CCN(CC(=O)O)C(=O)CCC1CCCCC1. The lowest BCUT2D eigenvalue weighted by Gasteiger charge is -2.23. The van der Waals surface area contributed by atoms with E-state index in [1.54, 1.807) is 6.08 Å². The third-order valence-corrected chi connectivity index (χ3v) is 3.52. The number of hydrogen-bond acceptors (Lipinski definition) is 2. The van der Waals surface area contributed by atoms with Gasteiger partial charge in [-0.25, -0.2) is 0 Å². The van der Waals surface area contributed by atoms with Crippen molar-refractivity contribution in [3.05, 3.63) is 12.7 Å². The molecule has 0 atom stereocenters. The summed E-state index contributed by atoms with van der Waals surface area (Å²) in [6.07, 6.45) is 9.21. The van der Waals surface area contributed by atoms with E-state index in [0.717, 1.165) is 6.42 Å². The molecule has 1 rings (SSSR count). The van der Waals surface area contributed by atoms with Crippen molar-refractivity contribution in [2.24, 2.45) is 5.92 Å². The van der Waals surface area contributed by atoms with Crippen molar-refractivity contribution in [2.45, 2.75) is 44.9 Å². The van der Waals surface area contributed by atoms with Crippen LogP contribution in [-0.2, 0) is 9.59 Å². The molecule has 102 valence electrons. The Morgan fingerprint density at radius 2 is 1.94 bits per heavy atom. The molecule has 4 nitrogen and oxygen atoms in total. The van der Waals surface area contributed by atoms with Crippen molar-refractivity contribution in [1.29, 1.82) is 0 Å². The zero-order valence-corrected chi connectivity index (χ0v) is 10.9. The first kappa shape index (κ1) is 14.7. The summed E-state index contributed by atoms with van der Waals surface area (Å²) in [4.78, 5) is 24.0. The predicted octanol–water partition coefficient (Wildman–Crippen LogP) is 2.45. The van der Waals surface area contributed by atoms with Crippen molar-refractivity contribution >= 4 is 11.9 Å². The molecular formula is C14H23NO3. The molecule has 1 aliphatic carbocycles. The molecule has 1 saturated carbocycles. The fourth-order valence-electron chi connectivity index (χ4n) is 2.54. The second-order valence-electron chi connectivity index (χ2n) is 5.00. The summed E-state index contributed by atoms with van der Waals surface area (Å²) in [6.45, 7) is 3.64. The van der Waals surface area contributed by atoms with E-state index in [1.807, 2.05) is 0 Å². The molecule has 1 amide bonds. The van der Waals surface area contributed by atoms with Gasteiger partial charge in [-0.15, -0.1) is 6.58 Å². The normalized spacial score (nSPS) is 16.2. The van der Waals surface area contributed by atoms with Gasteiger partial charge >= 0.3 is 5.97 Å². The average Bonchev–Trinajstić information content (AvgIpc) is 2.36. The molecule has 0 saturated heterocycles. The van der Waals surface area contributed by atoms with Crippen LogP contribution in [0.4, 0.5) is 0 Å². The minimum Gasteiger partial charge on any atom is -0.480 e. The van der Waals surface area contributed by atoms with Gasteiger partial charge in [-0.05, 0) is 12.3 Å². The molecule has 1 aliphatic rings. The minimum absolute atomic E-state index is 0.0668. The maximum atomic E-state index is 11.9. The molecule has 0 heterocycles. The average molecular weight is 253 g/mol. The summed E-state index contributed by atoms with van der Waals surface area (Å²) >= 11 is 0. The summed E-state index contributed by atoms with van der Waals surface area (Å²) in [5.74, 6) is -0.385. The van der Waals surface area contributed by atoms with Crippen LogP contribution in [0, 0.1) is 5.92 Å². The Hall–Kier alpha value is -1.32. The highest BCUT2D eigenvalue weighted by Gasteiger charge is 2.19. The molecule has 1 N–H and O–H groups in total. The van der Waals surface area contributed by atoms with Crippen molar-refractivity contribution in [3.63, 3.8) is 0 Å².